The van der Waals surface area contributed by atoms with Crippen molar-refractivity contribution in [2.45, 2.75) is 39.5 Å². The fourth-order valence-electron chi connectivity index (χ4n) is 3.91. The third kappa shape index (κ3) is 3.80. The van der Waals surface area contributed by atoms with Crippen LogP contribution in [0.5, 0.6) is 0 Å². The number of aromatic amines is 1. The maximum Gasteiger partial charge on any atom is 0.274 e. The van der Waals surface area contributed by atoms with Crippen molar-refractivity contribution in [1.29, 1.82) is 0 Å². The predicted octanol–water partition coefficient (Wildman–Crippen LogP) is 4.52. The van der Waals surface area contributed by atoms with Crippen LogP contribution >= 0.6 is 0 Å². The molecule has 8 nitrogen and oxygen atoms in total. The molecule has 0 spiro atoms. The summed E-state index contributed by atoms with van der Waals surface area (Å²) in [6, 6.07) is 17.9. The van der Waals surface area contributed by atoms with E-state index in [1.54, 1.807) is 13.1 Å². The molecule has 1 aliphatic heterocycles. The zero-order valence-electron chi connectivity index (χ0n) is 18.1. The number of imidazole rings is 1. The summed E-state index contributed by atoms with van der Waals surface area (Å²) in [5.41, 5.74) is 5.03. The second-order valence-electron chi connectivity index (χ2n) is 8.10. The number of anilines is 1. The Labute approximate surface area is 184 Å². The summed E-state index contributed by atoms with van der Waals surface area (Å²) in [5, 5.41) is 1.26. The van der Waals surface area contributed by atoms with Gasteiger partial charge in [0.15, 0.2) is 0 Å². The normalized spacial score (nSPS) is 16.4. The average molecular weight is 432 g/mol. The maximum absolute atomic E-state index is 12.5. The van der Waals surface area contributed by atoms with Gasteiger partial charge in [0.1, 0.15) is 11.3 Å². The lowest BCUT2D eigenvalue weighted by molar-refractivity contribution is -0.280. The number of benzene rings is 2. The SMILES string of the molecule is CC1OON(c2cccc(-c3cccc(Cn4c(C(C)C)nc5cc[nH]c(=O)c54)c3)c2)O1. The lowest BCUT2D eigenvalue weighted by Crippen LogP contribution is -2.15. The van der Waals surface area contributed by atoms with E-state index in [1.165, 1.54) is 5.23 Å². The number of nitrogens with zero attached hydrogens (tertiary/aromatic N) is 3. The van der Waals surface area contributed by atoms with Crippen molar-refractivity contribution in [3.05, 3.63) is 82.5 Å². The Morgan fingerprint density at radius 3 is 2.62 bits per heavy atom. The van der Waals surface area contributed by atoms with Crippen molar-refractivity contribution in [3.8, 4) is 11.1 Å². The second kappa shape index (κ2) is 8.23. The molecule has 4 aromatic rings. The Kier molecular flexibility index (Phi) is 5.26. The molecule has 2 aromatic heterocycles. The number of hydrogen-bond donors (Lipinski definition) is 1. The van der Waals surface area contributed by atoms with Gasteiger partial charge in [-0.15, -0.1) is 0 Å². The molecule has 1 atom stereocenters. The Bertz CT molecular complexity index is 1330. The van der Waals surface area contributed by atoms with Gasteiger partial charge in [0.05, 0.1) is 11.2 Å². The monoisotopic (exact) mass is 432 g/mol. The van der Waals surface area contributed by atoms with Gasteiger partial charge in [0.2, 0.25) is 6.29 Å². The van der Waals surface area contributed by atoms with Crippen LogP contribution in [0.2, 0.25) is 0 Å². The van der Waals surface area contributed by atoms with E-state index in [0.29, 0.717) is 17.6 Å². The summed E-state index contributed by atoms with van der Waals surface area (Å²) in [6.45, 7) is 6.47. The van der Waals surface area contributed by atoms with Crippen molar-refractivity contribution < 1.29 is 14.7 Å². The van der Waals surface area contributed by atoms with Crippen LogP contribution in [0.4, 0.5) is 5.69 Å². The van der Waals surface area contributed by atoms with Crippen LogP contribution < -0.4 is 10.8 Å². The molecule has 0 aliphatic carbocycles. The van der Waals surface area contributed by atoms with Gasteiger partial charge >= 0.3 is 0 Å². The summed E-state index contributed by atoms with van der Waals surface area (Å²) >= 11 is 0. The fraction of sp³-hybridized carbons (Fsp3) is 0.250. The smallest absolute Gasteiger partial charge is 0.274 e. The first-order valence-electron chi connectivity index (χ1n) is 10.6. The zero-order valence-corrected chi connectivity index (χ0v) is 18.1. The van der Waals surface area contributed by atoms with Crippen LogP contribution in [-0.4, -0.2) is 20.8 Å². The van der Waals surface area contributed by atoms with Crippen LogP contribution in [0.15, 0.2) is 65.6 Å². The number of nitrogens with one attached hydrogen (secondary N) is 1. The van der Waals surface area contributed by atoms with Gasteiger partial charge in [-0.3, -0.25) is 4.79 Å². The van der Waals surface area contributed by atoms with Gasteiger partial charge in [-0.25, -0.2) is 9.82 Å². The summed E-state index contributed by atoms with van der Waals surface area (Å²) in [5.74, 6) is 1.08. The standard InChI is InChI=1S/C24H24N4O4/c1-15(2)23-26-21-10-11-25-24(29)22(21)27(23)14-17-6-4-7-18(12-17)19-8-5-9-20(13-19)28-30-16(3)31-32-28/h4-13,15-16H,14H2,1-3H3,(H,25,29). The topological polar surface area (TPSA) is 81.6 Å². The Balaban J connectivity index is 1.50. The number of pyridine rings is 1. The van der Waals surface area contributed by atoms with Gasteiger partial charge in [-0.2, -0.15) is 4.89 Å². The van der Waals surface area contributed by atoms with Crippen LogP contribution in [0, 0.1) is 0 Å². The van der Waals surface area contributed by atoms with E-state index in [9.17, 15) is 4.79 Å². The van der Waals surface area contributed by atoms with E-state index >= 15 is 0 Å². The number of hydrogen-bond acceptors (Lipinski definition) is 6. The van der Waals surface area contributed by atoms with Crippen molar-refractivity contribution in [1.82, 2.24) is 14.5 Å². The first kappa shape index (κ1) is 20.4. The van der Waals surface area contributed by atoms with Crippen molar-refractivity contribution in [2.75, 3.05) is 5.23 Å². The predicted molar refractivity (Wildman–Crippen MR) is 121 cm³/mol. The third-order valence-corrected chi connectivity index (χ3v) is 5.36. The van der Waals surface area contributed by atoms with E-state index in [0.717, 1.165) is 28.2 Å². The molecule has 0 bridgehead atoms. The van der Waals surface area contributed by atoms with Crippen molar-refractivity contribution >= 4 is 16.7 Å². The molecule has 1 saturated heterocycles. The van der Waals surface area contributed by atoms with E-state index < -0.39 is 6.29 Å². The minimum Gasteiger partial charge on any atom is -0.327 e. The highest BCUT2D eigenvalue weighted by atomic mass is 17.4. The molecule has 3 heterocycles. The van der Waals surface area contributed by atoms with Crippen LogP contribution in [0.3, 0.4) is 0 Å². The molecule has 1 aliphatic rings. The molecule has 1 N–H and O–H groups in total. The van der Waals surface area contributed by atoms with Crippen LogP contribution in [0.25, 0.3) is 22.2 Å². The van der Waals surface area contributed by atoms with Gasteiger partial charge in [-0.05, 0) is 47.9 Å². The van der Waals surface area contributed by atoms with Crippen molar-refractivity contribution in [3.63, 3.8) is 0 Å². The zero-order chi connectivity index (χ0) is 22.2. The molecule has 1 fully saturated rings. The van der Waals surface area contributed by atoms with Gasteiger partial charge < -0.3 is 9.55 Å². The first-order valence-corrected chi connectivity index (χ1v) is 10.6. The highest BCUT2D eigenvalue weighted by molar-refractivity contribution is 5.75. The van der Waals surface area contributed by atoms with Gasteiger partial charge in [-0.1, -0.05) is 54.4 Å². The maximum atomic E-state index is 12.5. The lowest BCUT2D eigenvalue weighted by atomic mass is 10.0. The van der Waals surface area contributed by atoms with E-state index in [2.05, 4.69) is 37.0 Å². The lowest BCUT2D eigenvalue weighted by Gasteiger charge is -2.14. The summed E-state index contributed by atoms with van der Waals surface area (Å²) in [6.07, 6.45) is 1.17. The van der Waals surface area contributed by atoms with Crippen LogP contribution in [-0.2, 0) is 21.3 Å². The van der Waals surface area contributed by atoms with E-state index in [-0.39, 0.29) is 11.5 Å². The van der Waals surface area contributed by atoms with E-state index in [1.807, 2.05) is 41.0 Å². The average Bonchev–Trinajstić information content (AvgIpc) is 3.39. The molecule has 164 valence electrons. The highest BCUT2D eigenvalue weighted by Gasteiger charge is 2.23. The number of aromatic nitrogens is 3. The molecular weight excluding hydrogens is 408 g/mol. The van der Waals surface area contributed by atoms with Gasteiger partial charge in [0, 0.05) is 18.7 Å². The molecular formula is C24H24N4O4. The number of rotatable bonds is 5. The Morgan fingerprint density at radius 1 is 1.09 bits per heavy atom. The molecule has 8 heteroatoms. The summed E-state index contributed by atoms with van der Waals surface area (Å²) in [7, 11) is 0. The second-order valence-corrected chi connectivity index (χ2v) is 8.10. The summed E-state index contributed by atoms with van der Waals surface area (Å²) in [4.78, 5) is 35.6. The highest BCUT2D eigenvalue weighted by Crippen LogP contribution is 2.29. The number of H-pyrrole nitrogens is 1. The fourth-order valence-corrected chi connectivity index (χ4v) is 3.91. The minimum atomic E-state index is -0.467. The Morgan fingerprint density at radius 2 is 1.88 bits per heavy atom. The first-order chi connectivity index (χ1) is 15.5. The molecule has 0 saturated carbocycles. The van der Waals surface area contributed by atoms with E-state index in [4.69, 9.17) is 19.7 Å². The minimum absolute atomic E-state index is 0.132. The van der Waals surface area contributed by atoms with Gasteiger partial charge in [0.25, 0.3) is 5.56 Å². The van der Waals surface area contributed by atoms with Crippen molar-refractivity contribution in [2.24, 2.45) is 0 Å². The quantitative estimate of drug-likeness (QED) is 0.467. The molecule has 2 aromatic carbocycles. The Hall–Kier alpha value is -3.46. The number of fused-ring (bicyclic) bond motifs is 1. The molecule has 0 radical (unpaired) electrons. The summed E-state index contributed by atoms with van der Waals surface area (Å²) < 4.78 is 2.01. The molecule has 5 rings (SSSR count). The van der Waals surface area contributed by atoms with Crippen LogP contribution in [0.1, 0.15) is 38.1 Å². The largest absolute Gasteiger partial charge is 0.327 e. The molecule has 1 unspecified atom stereocenters. The third-order valence-electron chi connectivity index (χ3n) is 5.36. The molecule has 32 heavy (non-hydrogen) atoms. The molecule has 0 amide bonds.